The van der Waals surface area contributed by atoms with Gasteiger partial charge in [0.15, 0.2) is 5.82 Å². The lowest BCUT2D eigenvalue weighted by atomic mass is 10.1. The van der Waals surface area contributed by atoms with Crippen LogP contribution in [0.25, 0.3) is 0 Å². The Morgan fingerprint density at radius 1 is 1.41 bits per heavy atom. The summed E-state index contributed by atoms with van der Waals surface area (Å²) in [4.78, 5) is 18.7. The Kier molecular flexibility index (Phi) is 2.57. The maximum Gasteiger partial charge on any atom is 0.410 e. The quantitative estimate of drug-likeness (QED) is 0.840. The monoisotopic (exact) mass is 305 g/mol. The number of aromatic nitrogens is 2. The second-order valence-corrected chi connectivity index (χ2v) is 8.40. The highest BCUT2D eigenvalue weighted by Gasteiger charge is 2.65. The number of fused-ring (bicyclic) bond motifs is 1. The van der Waals surface area contributed by atoms with Crippen molar-refractivity contribution in [2.75, 3.05) is 13.1 Å². The summed E-state index contributed by atoms with van der Waals surface area (Å²) in [5.41, 5.74) is -0.462. The van der Waals surface area contributed by atoms with Gasteiger partial charge < -0.3 is 14.2 Å². The highest BCUT2D eigenvalue weighted by molar-refractivity contribution is 5.69. The van der Waals surface area contributed by atoms with E-state index in [1.54, 1.807) is 4.90 Å². The van der Waals surface area contributed by atoms with Gasteiger partial charge in [-0.25, -0.2) is 4.79 Å². The van der Waals surface area contributed by atoms with Gasteiger partial charge in [-0.05, 0) is 46.0 Å². The molecule has 22 heavy (non-hydrogen) atoms. The van der Waals surface area contributed by atoms with Crippen LogP contribution < -0.4 is 0 Å². The van der Waals surface area contributed by atoms with Crippen molar-refractivity contribution in [1.82, 2.24) is 15.0 Å². The number of nitrogens with zero attached hydrogens (tertiary/aromatic N) is 3. The maximum absolute atomic E-state index is 12.2. The third-order valence-corrected chi connectivity index (χ3v) is 5.19. The lowest BCUT2D eigenvalue weighted by Gasteiger charge is -2.25. The van der Waals surface area contributed by atoms with E-state index >= 15 is 0 Å². The third kappa shape index (κ3) is 2.11. The first-order valence-electron chi connectivity index (χ1n) is 8.05. The largest absolute Gasteiger partial charge is 0.444 e. The van der Waals surface area contributed by atoms with Crippen LogP contribution in [0.1, 0.15) is 58.7 Å². The molecule has 6 heteroatoms. The molecule has 0 spiro atoms. The summed E-state index contributed by atoms with van der Waals surface area (Å²) in [5.74, 6) is 1.99. The number of likely N-dealkylation sites (tertiary alicyclic amines) is 1. The molecule has 1 aromatic heterocycles. The number of rotatable bonds is 2. The van der Waals surface area contributed by atoms with Crippen molar-refractivity contribution in [2.45, 2.75) is 63.4 Å². The molecule has 2 atom stereocenters. The van der Waals surface area contributed by atoms with Gasteiger partial charge in [-0.3, -0.25) is 0 Å². The summed E-state index contributed by atoms with van der Waals surface area (Å²) in [6.07, 6.45) is 3.04. The van der Waals surface area contributed by atoms with E-state index in [0.29, 0.717) is 12.5 Å². The van der Waals surface area contributed by atoms with Crippen molar-refractivity contribution in [3.8, 4) is 0 Å². The molecular weight excluding hydrogens is 282 g/mol. The van der Waals surface area contributed by atoms with Crippen molar-refractivity contribution in [1.29, 1.82) is 0 Å². The number of ether oxygens (including phenoxy) is 1. The summed E-state index contributed by atoms with van der Waals surface area (Å²) in [6.45, 7) is 9.20. The highest BCUT2D eigenvalue weighted by atomic mass is 16.6. The minimum atomic E-state index is -0.461. The zero-order valence-corrected chi connectivity index (χ0v) is 13.7. The molecule has 2 heterocycles. The zero-order chi connectivity index (χ0) is 15.8. The summed E-state index contributed by atoms with van der Waals surface area (Å²) in [7, 11) is 0. The second kappa shape index (κ2) is 4.03. The lowest BCUT2D eigenvalue weighted by Crippen LogP contribution is -2.37. The van der Waals surface area contributed by atoms with Gasteiger partial charge in [0.2, 0.25) is 5.89 Å². The molecule has 3 fully saturated rings. The van der Waals surface area contributed by atoms with E-state index in [0.717, 1.165) is 37.5 Å². The van der Waals surface area contributed by atoms with Gasteiger partial charge in [0, 0.05) is 18.5 Å². The van der Waals surface area contributed by atoms with E-state index in [9.17, 15) is 4.79 Å². The Morgan fingerprint density at radius 2 is 2.14 bits per heavy atom. The number of carbonyl (C=O) groups excluding carboxylic acids is 1. The zero-order valence-electron chi connectivity index (χ0n) is 13.7. The van der Waals surface area contributed by atoms with E-state index in [-0.39, 0.29) is 16.9 Å². The molecule has 120 valence electrons. The molecule has 4 rings (SSSR count). The Hall–Kier alpha value is -1.59. The molecule has 1 saturated heterocycles. The Balaban J connectivity index is 1.48. The first-order valence-corrected chi connectivity index (χ1v) is 8.05. The average molecular weight is 305 g/mol. The fraction of sp³-hybridized carbons (Fsp3) is 0.812. The molecule has 2 unspecified atom stereocenters. The van der Waals surface area contributed by atoms with Crippen molar-refractivity contribution >= 4 is 6.09 Å². The average Bonchev–Trinajstić information content (AvgIpc) is 3.18. The predicted octanol–water partition coefficient (Wildman–Crippen LogP) is 2.63. The van der Waals surface area contributed by atoms with Crippen LogP contribution in [0, 0.1) is 5.92 Å². The van der Waals surface area contributed by atoms with E-state index in [1.807, 2.05) is 20.8 Å². The number of hydrogen-bond donors (Lipinski definition) is 0. The molecule has 6 nitrogen and oxygen atoms in total. The van der Waals surface area contributed by atoms with Crippen LogP contribution in [0.3, 0.4) is 0 Å². The van der Waals surface area contributed by atoms with Crippen molar-refractivity contribution in [2.24, 2.45) is 5.92 Å². The minimum absolute atomic E-state index is 0.0930. The Labute approximate surface area is 130 Å². The van der Waals surface area contributed by atoms with Gasteiger partial charge >= 0.3 is 6.09 Å². The topological polar surface area (TPSA) is 68.5 Å². The summed E-state index contributed by atoms with van der Waals surface area (Å²) >= 11 is 0. The van der Waals surface area contributed by atoms with Crippen molar-refractivity contribution in [3.63, 3.8) is 0 Å². The van der Waals surface area contributed by atoms with Crippen LogP contribution in [-0.2, 0) is 15.6 Å². The fourth-order valence-corrected chi connectivity index (χ4v) is 3.37. The fourth-order valence-electron chi connectivity index (χ4n) is 3.37. The SMILES string of the molecule is CC(C)(C)OC(=O)N1CC2CC2(c2noc(C3(C)CC3)n2)C1. The van der Waals surface area contributed by atoms with Gasteiger partial charge in [-0.1, -0.05) is 12.1 Å². The smallest absolute Gasteiger partial charge is 0.410 e. The molecule has 0 N–H and O–H groups in total. The molecule has 1 aromatic rings. The minimum Gasteiger partial charge on any atom is -0.444 e. The van der Waals surface area contributed by atoms with E-state index in [4.69, 9.17) is 9.26 Å². The van der Waals surface area contributed by atoms with Gasteiger partial charge in [0.25, 0.3) is 0 Å². The molecule has 0 bridgehead atoms. The Bertz CT molecular complexity index is 629. The van der Waals surface area contributed by atoms with Crippen LogP contribution in [-0.4, -0.2) is 39.8 Å². The van der Waals surface area contributed by atoms with Gasteiger partial charge in [-0.2, -0.15) is 4.98 Å². The maximum atomic E-state index is 12.2. The van der Waals surface area contributed by atoms with E-state index < -0.39 is 5.60 Å². The summed E-state index contributed by atoms with van der Waals surface area (Å²) < 4.78 is 10.9. The number of carbonyl (C=O) groups is 1. The molecule has 2 aliphatic carbocycles. The van der Waals surface area contributed by atoms with Crippen LogP contribution in [0.4, 0.5) is 4.79 Å². The molecule has 0 aromatic carbocycles. The number of hydrogen-bond acceptors (Lipinski definition) is 5. The molecular formula is C16H23N3O3. The predicted molar refractivity (Wildman–Crippen MR) is 78.5 cm³/mol. The molecule has 1 amide bonds. The standard InChI is InChI=1S/C16H23N3O3/c1-14(2,3)21-13(20)19-8-10-7-16(10,9-19)11-17-12(22-18-11)15(4)5-6-15/h10H,5-9H2,1-4H3. The van der Waals surface area contributed by atoms with Crippen LogP contribution >= 0.6 is 0 Å². The van der Waals surface area contributed by atoms with E-state index in [2.05, 4.69) is 17.1 Å². The van der Waals surface area contributed by atoms with Crippen LogP contribution in [0.5, 0.6) is 0 Å². The molecule has 3 aliphatic rings. The normalized spacial score (nSPS) is 31.8. The number of piperidine rings is 1. The first-order chi connectivity index (χ1) is 10.2. The molecule has 0 radical (unpaired) electrons. The van der Waals surface area contributed by atoms with Crippen LogP contribution in [0.15, 0.2) is 4.52 Å². The lowest BCUT2D eigenvalue weighted by molar-refractivity contribution is 0.0269. The van der Waals surface area contributed by atoms with Crippen LogP contribution in [0.2, 0.25) is 0 Å². The molecule has 1 aliphatic heterocycles. The van der Waals surface area contributed by atoms with E-state index in [1.165, 1.54) is 0 Å². The second-order valence-electron chi connectivity index (χ2n) is 8.40. The summed E-state index contributed by atoms with van der Waals surface area (Å²) in [5, 5.41) is 4.22. The Morgan fingerprint density at radius 3 is 2.77 bits per heavy atom. The highest BCUT2D eigenvalue weighted by Crippen LogP contribution is 2.59. The van der Waals surface area contributed by atoms with Gasteiger partial charge in [0.1, 0.15) is 5.60 Å². The number of amides is 1. The summed E-state index contributed by atoms with van der Waals surface area (Å²) in [6, 6.07) is 0. The first kappa shape index (κ1) is 14.0. The van der Waals surface area contributed by atoms with Gasteiger partial charge in [-0.15, -0.1) is 0 Å². The van der Waals surface area contributed by atoms with Crippen molar-refractivity contribution < 1.29 is 14.1 Å². The van der Waals surface area contributed by atoms with Gasteiger partial charge in [0.05, 0.1) is 5.41 Å². The van der Waals surface area contributed by atoms with Crippen molar-refractivity contribution in [3.05, 3.63) is 11.7 Å². The molecule has 2 saturated carbocycles. The third-order valence-electron chi connectivity index (χ3n) is 5.19.